The van der Waals surface area contributed by atoms with Gasteiger partial charge < -0.3 is 5.32 Å². The van der Waals surface area contributed by atoms with E-state index in [1.54, 1.807) is 0 Å². The second-order valence-corrected chi connectivity index (χ2v) is 7.29. The van der Waals surface area contributed by atoms with E-state index in [1.807, 2.05) is 6.07 Å². The number of benzene rings is 2. The van der Waals surface area contributed by atoms with E-state index in [0.717, 1.165) is 26.1 Å². The summed E-state index contributed by atoms with van der Waals surface area (Å²) in [5.74, 6) is 0. The Bertz CT molecular complexity index is 655. The van der Waals surface area contributed by atoms with Crippen LogP contribution in [0.25, 0.3) is 0 Å². The lowest BCUT2D eigenvalue weighted by molar-refractivity contribution is 0.628. The Morgan fingerprint density at radius 2 is 1.71 bits per heavy atom. The maximum absolute atomic E-state index is 6.50. The van der Waals surface area contributed by atoms with Gasteiger partial charge in [0.15, 0.2) is 0 Å². The first-order valence-electron chi connectivity index (χ1n) is 6.89. The Morgan fingerprint density at radius 1 is 1.05 bits per heavy atom. The quantitative estimate of drug-likeness (QED) is 0.609. The van der Waals surface area contributed by atoms with Crippen LogP contribution in [0.4, 0.5) is 0 Å². The monoisotopic (exact) mass is 429 g/mol. The third-order valence-corrected chi connectivity index (χ3v) is 5.11. The Labute approximate surface area is 148 Å². The van der Waals surface area contributed by atoms with Crippen molar-refractivity contribution in [2.75, 3.05) is 6.54 Å². The van der Waals surface area contributed by atoms with Crippen molar-refractivity contribution in [2.24, 2.45) is 0 Å². The summed E-state index contributed by atoms with van der Waals surface area (Å²) in [5.41, 5.74) is 4.77. The molecule has 0 amide bonds. The highest BCUT2D eigenvalue weighted by molar-refractivity contribution is 9.11. The zero-order chi connectivity index (χ0) is 15.6. The van der Waals surface area contributed by atoms with Crippen LogP contribution in [0.3, 0.4) is 0 Å². The topological polar surface area (TPSA) is 12.0 Å². The Hall–Kier alpha value is -0.350. The molecular formula is C17H18Br2ClN. The Balaban J connectivity index is 2.55. The van der Waals surface area contributed by atoms with Gasteiger partial charge in [-0.1, -0.05) is 62.5 Å². The summed E-state index contributed by atoms with van der Waals surface area (Å²) in [6, 6.07) is 10.5. The SMILES string of the molecule is CCNC(c1cc(C)c(C)cc1Cl)c1ccc(Br)cc1Br. The van der Waals surface area contributed by atoms with Crippen LogP contribution < -0.4 is 5.32 Å². The van der Waals surface area contributed by atoms with Crippen LogP contribution in [0.2, 0.25) is 5.02 Å². The summed E-state index contributed by atoms with van der Waals surface area (Å²) in [4.78, 5) is 0. The van der Waals surface area contributed by atoms with Crippen LogP contribution in [-0.2, 0) is 0 Å². The molecule has 0 aliphatic heterocycles. The first-order valence-corrected chi connectivity index (χ1v) is 8.85. The molecule has 0 fully saturated rings. The molecular weight excluding hydrogens is 413 g/mol. The van der Waals surface area contributed by atoms with Crippen molar-refractivity contribution < 1.29 is 0 Å². The van der Waals surface area contributed by atoms with Gasteiger partial charge in [-0.25, -0.2) is 0 Å². The highest BCUT2D eigenvalue weighted by Crippen LogP contribution is 2.35. The fraction of sp³-hybridized carbons (Fsp3) is 0.294. The summed E-state index contributed by atoms with van der Waals surface area (Å²) in [6.45, 7) is 7.18. The van der Waals surface area contributed by atoms with Gasteiger partial charge in [0.05, 0.1) is 6.04 Å². The first kappa shape index (κ1) is 17.0. The molecule has 21 heavy (non-hydrogen) atoms. The van der Waals surface area contributed by atoms with Crippen LogP contribution >= 0.6 is 43.5 Å². The van der Waals surface area contributed by atoms with Crippen molar-refractivity contribution in [1.29, 1.82) is 0 Å². The van der Waals surface area contributed by atoms with Gasteiger partial charge >= 0.3 is 0 Å². The van der Waals surface area contributed by atoms with Crippen LogP contribution in [0.15, 0.2) is 39.3 Å². The molecule has 0 heterocycles. The molecule has 0 aliphatic rings. The smallest absolute Gasteiger partial charge is 0.0602 e. The standard InChI is InChI=1S/C17H18Br2ClN/c1-4-21-17(13-6-5-12(18)9-15(13)19)14-7-10(2)11(3)8-16(14)20/h5-9,17,21H,4H2,1-3H3. The second-order valence-electron chi connectivity index (χ2n) is 5.11. The summed E-state index contributed by atoms with van der Waals surface area (Å²) in [5, 5.41) is 4.34. The average Bonchev–Trinajstić information content (AvgIpc) is 2.41. The summed E-state index contributed by atoms with van der Waals surface area (Å²) in [6.07, 6.45) is 0. The number of hydrogen-bond donors (Lipinski definition) is 1. The van der Waals surface area contributed by atoms with Gasteiger partial charge in [0.2, 0.25) is 0 Å². The molecule has 1 unspecified atom stereocenters. The fourth-order valence-electron chi connectivity index (χ4n) is 2.35. The lowest BCUT2D eigenvalue weighted by Crippen LogP contribution is -2.23. The average molecular weight is 432 g/mol. The number of nitrogens with one attached hydrogen (secondary N) is 1. The van der Waals surface area contributed by atoms with E-state index in [9.17, 15) is 0 Å². The molecule has 0 radical (unpaired) electrons. The lowest BCUT2D eigenvalue weighted by atomic mass is 9.95. The van der Waals surface area contributed by atoms with Gasteiger partial charge in [0, 0.05) is 14.0 Å². The second kappa shape index (κ2) is 7.28. The largest absolute Gasteiger partial charge is 0.306 e. The number of rotatable bonds is 4. The molecule has 1 N–H and O–H groups in total. The van der Waals surface area contributed by atoms with Crippen molar-refractivity contribution in [3.8, 4) is 0 Å². The predicted octanol–water partition coefficient (Wildman–Crippen LogP) is 6.18. The highest BCUT2D eigenvalue weighted by Gasteiger charge is 2.19. The van der Waals surface area contributed by atoms with Crippen LogP contribution in [0, 0.1) is 13.8 Å². The molecule has 2 aromatic rings. The molecule has 1 nitrogen and oxygen atoms in total. The van der Waals surface area contributed by atoms with Crippen molar-refractivity contribution in [2.45, 2.75) is 26.8 Å². The normalized spacial score (nSPS) is 12.5. The maximum Gasteiger partial charge on any atom is 0.0602 e. The molecule has 0 bridgehead atoms. The fourth-order valence-corrected chi connectivity index (χ4v) is 3.96. The third-order valence-electron chi connectivity index (χ3n) is 3.61. The molecule has 0 aliphatic carbocycles. The van der Waals surface area contributed by atoms with Gasteiger partial charge in [-0.3, -0.25) is 0 Å². The van der Waals surface area contributed by atoms with Crippen molar-refractivity contribution in [1.82, 2.24) is 5.32 Å². The van der Waals surface area contributed by atoms with Gasteiger partial charge in [-0.2, -0.15) is 0 Å². The van der Waals surface area contributed by atoms with E-state index < -0.39 is 0 Å². The van der Waals surface area contributed by atoms with E-state index in [-0.39, 0.29) is 6.04 Å². The van der Waals surface area contributed by atoms with E-state index in [1.165, 1.54) is 16.7 Å². The molecule has 1 atom stereocenters. The summed E-state index contributed by atoms with van der Waals surface area (Å²) in [7, 11) is 0. The molecule has 0 spiro atoms. The van der Waals surface area contributed by atoms with Gasteiger partial charge in [-0.15, -0.1) is 0 Å². The molecule has 4 heteroatoms. The van der Waals surface area contributed by atoms with Crippen molar-refractivity contribution in [3.63, 3.8) is 0 Å². The lowest BCUT2D eigenvalue weighted by Gasteiger charge is -2.22. The zero-order valence-electron chi connectivity index (χ0n) is 12.3. The molecule has 2 rings (SSSR count). The minimum absolute atomic E-state index is 0.0734. The minimum atomic E-state index is 0.0734. The Morgan fingerprint density at radius 3 is 2.33 bits per heavy atom. The van der Waals surface area contributed by atoms with Gasteiger partial charge in [0.1, 0.15) is 0 Å². The molecule has 0 aromatic heterocycles. The summed E-state index contributed by atoms with van der Waals surface area (Å²) >= 11 is 13.7. The van der Waals surface area contributed by atoms with E-state index in [4.69, 9.17) is 11.6 Å². The third kappa shape index (κ3) is 3.89. The van der Waals surface area contributed by atoms with Crippen LogP contribution in [0.1, 0.15) is 35.2 Å². The number of halogens is 3. The molecule has 112 valence electrons. The van der Waals surface area contributed by atoms with Gasteiger partial charge in [0.25, 0.3) is 0 Å². The van der Waals surface area contributed by atoms with Crippen molar-refractivity contribution in [3.05, 3.63) is 66.6 Å². The molecule has 0 saturated carbocycles. The van der Waals surface area contributed by atoms with Gasteiger partial charge in [-0.05, 0) is 60.8 Å². The van der Waals surface area contributed by atoms with Crippen molar-refractivity contribution >= 4 is 43.5 Å². The maximum atomic E-state index is 6.50. The minimum Gasteiger partial charge on any atom is -0.306 e. The first-order chi connectivity index (χ1) is 9.93. The summed E-state index contributed by atoms with van der Waals surface area (Å²) < 4.78 is 2.12. The molecule has 0 saturated heterocycles. The van der Waals surface area contributed by atoms with E-state index in [2.05, 4.69) is 82.2 Å². The zero-order valence-corrected chi connectivity index (χ0v) is 16.2. The van der Waals surface area contributed by atoms with E-state index in [0.29, 0.717) is 0 Å². The Kier molecular flexibility index (Phi) is 5.89. The van der Waals surface area contributed by atoms with Crippen LogP contribution in [-0.4, -0.2) is 6.54 Å². The highest BCUT2D eigenvalue weighted by atomic mass is 79.9. The predicted molar refractivity (Wildman–Crippen MR) is 98.3 cm³/mol. The van der Waals surface area contributed by atoms with Crippen LogP contribution in [0.5, 0.6) is 0 Å². The number of hydrogen-bond acceptors (Lipinski definition) is 1. The molecule has 2 aromatic carbocycles. The number of aryl methyl sites for hydroxylation is 2. The van der Waals surface area contributed by atoms with E-state index >= 15 is 0 Å².